The second-order valence-electron chi connectivity index (χ2n) is 9.20. The first kappa shape index (κ1) is 31.1. The Bertz CT molecular complexity index is 1430. The molecule has 19 heteroatoms. The summed E-state index contributed by atoms with van der Waals surface area (Å²) in [5.41, 5.74) is -3.44. The molecule has 41 heavy (non-hydrogen) atoms. The fourth-order valence-electron chi connectivity index (χ4n) is 4.02. The van der Waals surface area contributed by atoms with Gasteiger partial charge in [-0.1, -0.05) is 15.9 Å². The van der Waals surface area contributed by atoms with Gasteiger partial charge in [0.05, 0.1) is 24.3 Å². The lowest BCUT2D eigenvalue weighted by Gasteiger charge is -2.54. The zero-order valence-corrected chi connectivity index (χ0v) is 22.0. The number of piperidine rings is 1. The normalized spacial score (nSPS) is 18.8. The number of benzene rings is 2. The standard InChI is InChI=1S/C22H24BrFN4O13/c23-10-1-2-13(12(24)3-10)27-17-11-4-16(41-22(37,38)39)15(5-14(11)25-9-26-17)40-8-18(29)19(30,31)6-28(21(34,35)36)7-20(18,32)33/h1-5,9,29-39H,6-8H2,(H,25,26,27). The van der Waals surface area contributed by atoms with Gasteiger partial charge in [-0.25, -0.2) is 19.3 Å². The van der Waals surface area contributed by atoms with Crippen LogP contribution >= 0.6 is 15.9 Å². The molecule has 1 aliphatic heterocycles. The number of nitrogens with zero attached hydrogens (tertiary/aromatic N) is 3. The maximum Gasteiger partial charge on any atom is 0.453 e. The Hall–Kier alpha value is -2.89. The average Bonchev–Trinajstić information content (AvgIpc) is 2.81. The summed E-state index contributed by atoms with van der Waals surface area (Å²) >= 11 is 3.13. The maximum absolute atomic E-state index is 14.4. The predicted octanol–water partition coefficient (Wildman–Crippen LogP) is -3.38. The van der Waals surface area contributed by atoms with Crippen molar-refractivity contribution in [3.8, 4) is 11.5 Å². The van der Waals surface area contributed by atoms with Gasteiger partial charge in [0, 0.05) is 15.9 Å². The minimum atomic E-state index is -3.81. The molecule has 1 aromatic heterocycles. The molecular weight excluding hydrogens is 627 g/mol. The number of fused-ring (bicyclic) bond motifs is 1. The second-order valence-corrected chi connectivity index (χ2v) is 10.1. The number of hydrogen-bond acceptors (Lipinski definition) is 17. The van der Waals surface area contributed by atoms with E-state index in [9.17, 15) is 60.6 Å². The third kappa shape index (κ3) is 6.32. The van der Waals surface area contributed by atoms with Gasteiger partial charge >= 0.3 is 12.3 Å². The lowest BCUT2D eigenvalue weighted by atomic mass is 9.80. The van der Waals surface area contributed by atoms with Crippen LogP contribution in [0, 0.1) is 5.82 Å². The fourth-order valence-corrected chi connectivity index (χ4v) is 4.35. The third-order valence-corrected chi connectivity index (χ3v) is 6.63. The molecule has 4 rings (SSSR count). The molecule has 0 unspecified atom stereocenters. The second kappa shape index (κ2) is 10.4. The van der Waals surface area contributed by atoms with E-state index < -0.39 is 66.4 Å². The number of β-amino-alcohol motifs (C(OH)–C–C–N with tert-alkyl or cyclic N) is 4. The van der Waals surface area contributed by atoms with E-state index in [4.69, 9.17) is 4.74 Å². The molecule has 0 spiro atoms. The monoisotopic (exact) mass is 650 g/mol. The number of anilines is 2. The molecule has 2 heterocycles. The molecule has 224 valence electrons. The Morgan fingerprint density at radius 2 is 1.56 bits per heavy atom. The summed E-state index contributed by atoms with van der Waals surface area (Å²) in [6, 6.07) is 6.10. The Morgan fingerprint density at radius 1 is 0.927 bits per heavy atom. The molecule has 1 fully saturated rings. The molecule has 0 bridgehead atoms. The van der Waals surface area contributed by atoms with Crippen molar-refractivity contribution in [3.63, 3.8) is 0 Å². The fraction of sp³-hybridized carbons (Fsp3) is 0.364. The number of halogens is 2. The van der Waals surface area contributed by atoms with E-state index in [2.05, 4.69) is 36.0 Å². The first-order valence-corrected chi connectivity index (χ1v) is 12.1. The lowest BCUT2D eigenvalue weighted by Crippen LogP contribution is -2.81. The van der Waals surface area contributed by atoms with Gasteiger partial charge in [-0.2, -0.15) is 0 Å². The van der Waals surface area contributed by atoms with Crippen molar-refractivity contribution in [2.24, 2.45) is 0 Å². The summed E-state index contributed by atoms with van der Waals surface area (Å²) in [5.74, 6) is -9.18. The number of aromatic nitrogens is 2. The van der Waals surface area contributed by atoms with Crippen LogP contribution in [0.15, 0.2) is 41.1 Å². The van der Waals surface area contributed by atoms with Crippen LogP contribution in [0.1, 0.15) is 0 Å². The molecule has 1 aliphatic rings. The largest absolute Gasteiger partial charge is 0.486 e. The SMILES string of the molecule is OC(O)(O)Oc1cc2c(Nc3ccc(Br)cc3F)ncnc2cc1OCC1(O)C(O)(O)CN(C(O)(O)O)CC1(O)O. The van der Waals surface area contributed by atoms with Crippen molar-refractivity contribution in [1.82, 2.24) is 14.9 Å². The molecule has 1 saturated heterocycles. The van der Waals surface area contributed by atoms with Gasteiger partial charge in [0.15, 0.2) is 11.5 Å². The molecule has 0 aliphatic carbocycles. The Balaban J connectivity index is 1.72. The maximum atomic E-state index is 14.4. The zero-order chi connectivity index (χ0) is 30.6. The highest BCUT2D eigenvalue weighted by Gasteiger charge is 2.68. The Morgan fingerprint density at radius 3 is 2.12 bits per heavy atom. The Labute approximate surface area is 236 Å². The lowest BCUT2D eigenvalue weighted by molar-refractivity contribution is -0.467. The number of ether oxygens (including phenoxy) is 2. The summed E-state index contributed by atoms with van der Waals surface area (Å²) in [4.78, 5) is 8.01. The van der Waals surface area contributed by atoms with Crippen molar-refractivity contribution in [1.29, 1.82) is 0 Å². The van der Waals surface area contributed by atoms with Crippen molar-refractivity contribution in [2.45, 2.75) is 29.4 Å². The highest BCUT2D eigenvalue weighted by Crippen LogP contribution is 2.41. The van der Waals surface area contributed by atoms with Crippen molar-refractivity contribution in [2.75, 3.05) is 25.0 Å². The molecule has 12 N–H and O–H groups in total. The molecule has 17 nitrogen and oxygen atoms in total. The van der Waals surface area contributed by atoms with E-state index in [1.165, 1.54) is 18.2 Å². The number of aliphatic hydroxyl groups is 11. The predicted molar refractivity (Wildman–Crippen MR) is 133 cm³/mol. The average molecular weight is 651 g/mol. The molecule has 0 saturated carbocycles. The number of nitrogens with one attached hydrogen (secondary N) is 1. The molecule has 0 atom stereocenters. The van der Waals surface area contributed by atoms with E-state index >= 15 is 0 Å². The smallest absolute Gasteiger partial charge is 0.453 e. The summed E-state index contributed by atoms with van der Waals surface area (Å²) in [5, 5.41) is 111. The van der Waals surface area contributed by atoms with Crippen molar-refractivity contribution in [3.05, 3.63) is 46.9 Å². The van der Waals surface area contributed by atoms with Gasteiger partial charge in [0.2, 0.25) is 17.2 Å². The summed E-state index contributed by atoms with van der Waals surface area (Å²) < 4.78 is 24.8. The van der Waals surface area contributed by atoms with Crippen molar-refractivity contribution >= 4 is 38.3 Å². The summed E-state index contributed by atoms with van der Waals surface area (Å²) in [6.07, 6.45) is -6.50. The van der Waals surface area contributed by atoms with Gasteiger partial charge in [0.1, 0.15) is 24.6 Å². The van der Waals surface area contributed by atoms with Crippen LogP contribution in [0.3, 0.4) is 0 Å². The first-order chi connectivity index (χ1) is 18.7. The number of likely N-dealkylation sites (tertiary alicyclic amines) is 1. The van der Waals surface area contributed by atoms with E-state index in [0.29, 0.717) is 4.47 Å². The third-order valence-electron chi connectivity index (χ3n) is 6.14. The van der Waals surface area contributed by atoms with Crippen LogP contribution in [-0.2, 0) is 0 Å². The summed E-state index contributed by atoms with van der Waals surface area (Å²) in [7, 11) is 0. The number of hydrogen-bond donors (Lipinski definition) is 12. The van der Waals surface area contributed by atoms with Crippen LogP contribution in [-0.4, -0.2) is 120 Å². The van der Waals surface area contributed by atoms with Gasteiger partial charge in [-0.15, -0.1) is 0 Å². The van der Waals surface area contributed by atoms with Gasteiger partial charge in [0.25, 0.3) is 0 Å². The van der Waals surface area contributed by atoms with Crippen LogP contribution in [0.2, 0.25) is 0 Å². The molecular formula is C22H24BrFN4O13. The zero-order valence-electron chi connectivity index (χ0n) is 20.4. The molecule has 0 radical (unpaired) electrons. The molecule has 0 amide bonds. The van der Waals surface area contributed by atoms with Gasteiger partial charge in [-0.05, 0) is 24.3 Å². The topological polar surface area (TPSA) is 282 Å². The van der Waals surface area contributed by atoms with Crippen LogP contribution in [0.4, 0.5) is 15.9 Å². The quantitative estimate of drug-likeness (QED) is 0.106. The first-order valence-electron chi connectivity index (χ1n) is 11.3. The van der Waals surface area contributed by atoms with Gasteiger partial charge < -0.3 is 71.0 Å². The Kier molecular flexibility index (Phi) is 7.90. The minimum absolute atomic E-state index is 0.00336. The minimum Gasteiger partial charge on any atom is -0.486 e. The highest BCUT2D eigenvalue weighted by molar-refractivity contribution is 9.10. The van der Waals surface area contributed by atoms with Crippen LogP contribution in [0.5, 0.6) is 11.5 Å². The highest BCUT2D eigenvalue weighted by atomic mass is 79.9. The van der Waals surface area contributed by atoms with Crippen LogP contribution < -0.4 is 14.8 Å². The van der Waals surface area contributed by atoms with Crippen LogP contribution in [0.25, 0.3) is 10.9 Å². The number of rotatable bonds is 8. The van der Waals surface area contributed by atoms with E-state index in [-0.39, 0.29) is 27.3 Å². The summed E-state index contributed by atoms with van der Waals surface area (Å²) in [6.45, 7) is -4.10. The van der Waals surface area contributed by atoms with E-state index in [1.807, 2.05) is 0 Å². The van der Waals surface area contributed by atoms with Crippen molar-refractivity contribution < 1.29 is 70.0 Å². The molecule has 2 aromatic carbocycles. The van der Waals surface area contributed by atoms with Gasteiger partial charge in [-0.3, -0.25) is 0 Å². The molecule has 3 aromatic rings. The van der Waals surface area contributed by atoms with E-state index in [1.54, 1.807) is 0 Å². The van der Waals surface area contributed by atoms with E-state index in [0.717, 1.165) is 18.5 Å².